The number of benzene rings is 2. The molecule has 4 rings (SSSR count). The van der Waals surface area contributed by atoms with E-state index in [0.29, 0.717) is 22.5 Å². The quantitative estimate of drug-likeness (QED) is 0.411. The van der Waals surface area contributed by atoms with Crippen molar-refractivity contribution in [3.63, 3.8) is 0 Å². The summed E-state index contributed by atoms with van der Waals surface area (Å²) in [5, 5.41) is 20.1. The van der Waals surface area contributed by atoms with Gasteiger partial charge in [0.1, 0.15) is 6.04 Å². The number of nitrogens with one attached hydrogen (secondary N) is 3. The summed E-state index contributed by atoms with van der Waals surface area (Å²) in [6.07, 6.45) is 0.133. The first-order valence-electron chi connectivity index (χ1n) is 11.0. The molecule has 1 aliphatic heterocycles. The van der Waals surface area contributed by atoms with E-state index in [1.165, 1.54) is 0 Å². The lowest BCUT2D eigenvalue weighted by Crippen LogP contribution is -2.41. The van der Waals surface area contributed by atoms with Crippen LogP contribution in [0.1, 0.15) is 30.1 Å². The number of anilines is 2. The summed E-state index contributed by atoms with van der Waals surface area (Å²) in [4.78, 5) is 50.1. The molecule has 1 aromatic heterocycles. The van der Waals surface area contributed by atoms with E-state index < -0.39 is 12.0 Å². The molecule has 1 unspecified atom stereocenters. The van der Waals surface area contributed by atoms with Gasteiger partial charge in [-0.05, 0) is 42.8 Å². The number of carbonyl (C=O) groups excluding carboxylic acids is 4. The number of aromatic nitrogens is 4. The van der Waals surface area contributed by atoms with Crippen LogP contribution >= 0.6 is 0 Å². The van der Waals surface area contributed by atoms with E-state index in [9.17, 15) is 19.2 Å². The second kappa shape index (κ2) is 10.5. The fourth-order valence-corrected chi connectivity index (χ4v) is 3.50. The predicted octanol–water partition coefficient (Wildman–Crippen LogP) is 1.37. The number of rotatable bonds is 8. The standard InChI is InChI=1S/C23H23N7O5/c1-2-35-20(32)13-30-28-21(27-29-30)14-6-5-7-15(12-14)24-19(31)11-10-18-23(34)25-17-9-4-3-8-16(17)22(33)26-18/h3-9,12,18H,2,10-11,13H2,1H3,(H,24,31)(H,25,34)(H,26,33). The van der Waals surface area contributed by atoms with E-state index in [1.54, 1.807) is 55.5 Å². The number of ether oxygens (including phenoxy) is 1. The minimum atomic E-state index is -0.842. The molecule has 0 saturated carbocycles. The molecule has 12 heteroatoms. The van der Waals surface area contributed by atoms with Gasteiger partial charge in [-0.1, -0.05) is 24.3 Å². The van der Waals surface area contributed by atoms with E-state index in [0.717, 1.165) is 4.80 Å². The van der Waals surface area contributed by atoms with Crippen LogP contribution in [-0.4, -0.2) is 56.5 Å². The second-order valence-corrected chi connectivity index (χ2v) is 7.68. The zero-order valence-corrected chi connectivity index (χ0v) is 18.9. The van der Waals surface area contributed by atoms with Gasteiger partial charge in [0.15, 0.2) is 6.54 Å². The Labute approximate surface area is 200 Å². The third-order valence-electron chi connectivity index (χ3n) is 5.14. The maximum absolute atomic E-state index is 12.5. The number of hydrogen-bond acceptors (Lipinski definition) is 8. The molecule has 0 saturated heterocycles. The average Bonchev–Trinajstić information content (AvgIpc) is 3.26. The van der Waals surface area contributed by atoms with E-state index in [2.05, 4.69) is 31.4 Å². The van der Waals surface area contributed by atoms with Crippen molar-refractivity contribution in [2.24, 2.45) is 0 Å². The summed E-state index contributed by atoms with van der Waals surface area (Å²) in [6, 6.07) is 12.7. The van der Waals surface area contributed by atoms with Gasteiger partial charge < -0.3 is 20.7 Å². The van der Waals surface area contributed by atoms with Crippen LogP contribution in [0.5, 0.6) is 0 Å². The fourth-order valence-electron chi connectivity index (χ4n) is 3.50. The molecule has 0 spiro atoms. The van der Waals surface area contributed by atoms with Crippen molar-refractivity contribution in [2.45, 2.75) is 32.4 Å². The average molecular weight is 477 g/mol. The van der Waals surface area contributed by atoms with E-state index >= 15 is 0 Å². The lowest BCUT2D eigenvalue weighted by Gasteiger charge is -2.14. The van der Waals surface area contributed by atoms with Crippen LogP contribution in [0.15, 0.2) is 48.5 Å². The molecule has 12 nitrogen and oxygen atoms in total. The van der Waals surface area contributed by atoms with Gasteiger partial charge in [-0.25, -0.2) is 4.79 Å². The zero-order chi connectivity index (χ0) is 24.8. The lowest BCUT2D eigenvalue weighted by molar-refractivity contribution is -0.144. The van der Waals surface area contributed by atoms with Crippen molar-refractivity contribution in [3.8, 4) is 11.4 Å². The number of amides is 3. The highest BCUT2D eigenvalue weighted by Crippen LogP contribution is 2.21. The highest BCUT2D eigenvalue weighted by atomic mass is 16.5. The summed E-state index contributed by atoms with van der Waals surface area (Å²) >= 11 is 0. The second-order valence-electron chi connectivity index (χ2n) is 7.68. The summed E-state index contributed by atoms with van der Waals surface area (Å²) in [7, 11) is 0. The Morgan fingerprint density at radius 3 is 2.80 bits per heavy atom. The third kappa shape index (κ3) is 5.85. The van der Waals surface area contributed by atoms with Crippen molar-refractivity contribution >= 4 is 35.1 Å². The van der Waals surface area contributed by atoms with Crippen molar-refractivity contribution in [3.05, 3.63) is 54.1 Å². The minimum absolute atomic E-state index is 0.00686. The summed E-state index contributed by atoms with van der Waals surface area (Å²) in [5.41, 5.74) is 1.89. The molecule has 3 N–H and O–H groups in total. The van der Waals surface area contributed by atoms with Crippen LogP contribution in [0, 0.1) is 0 Å². The van der Waals surface area contributed by atoms with Crippen molar-refractivity contribution in [2.75, 3.05) is 17.2 Å². The number of fused-ring (bicyclic) bond motifs is 1. The molecule has 1 aliphatic rings. The molecule has 1 atom stereocenters. The molecule has 0 aliphatic carbocycles. The number of para-hydroxylation sites is 1. The van der Waals surface area contributed by atoms with Gasteiger partial charge in [0.05, 0.1) is 17.9 Å². The van der Waals surface area contributed by atoms with Crippen molar-refractivity contribution in [1.82, 2.24) is 25.5 Å². The van der Waals surface area contributed by atoms with E-state index in [4.69, 9.17) is 4.74 Å². The van der Waals surface area contributed by atoms with Crippen LogP contribution < -0.4 is 16.0 Å². The van der Waals surface area contributed by atoms with Crippen LogP contribution in [-0.2, 0) is 25.7 Å². The molecule has 0 radical (unpaired) electrons. The first-order valence-corrected chi connectivity index (χ1v) is 11.0. The topological polar surface area (TPSA) is 157 Å². The van der Waals surface area contributed by atoms with Crippen LogP contribution in [0.2, 0.25) is 0 Å². The Hall–Kier alpha value is -4.61. The molecule has 3 amide bonds. The number of nitrogens with zero attached hydrogens (tertiary/aromatic N) is 4. The number of esters is 1. The molecular formula is C23H23N7O5. The Balaban J connectivity index is 1.34. The van der Waals surface area contributed by atoms with Crippen LogP contribution in [0.25, 0.3) is 11.4 Å². The number of hydrogen-bond donors (Lipinski definition) is 3. The summed E-state index contributed by atoms with van der Waals surface area (Å²) in [6.45, 7) is 1.81. The van der Waals surface area contributed by atoms with Gasteiger partial charge in [-0.15, -0.1) is 10.2 Å². The summed E-state index contributed by atoms with van der Waals surface area (Å²) in [5.74, 6) is -1.27. The highest BCUT2D eigenvalue weighted by molar-refractivity contribution is 6.10. The monoisotopic (exact) mass is 477 g/mol. The lowest BCUT2D eigenvalue weighted by atomic mass is 10.1. The Bertz CT molecular complexity index is 1270. The first kappa shape index (κ1) is 23.5. The Kier molecular flexibility index (Phi) is 7.10. The molecular weight excluding hydrogens is 454 g/mol. The normalized spacial score (nSPS) is 14.8. The SMILES string of the molecule is CCOC(=O)Cn1nnc(-c2cccc(NC(=O)CCC3NC(=O)c4ccccc4NC3=O)c2)n1. The molecule has 35 heavy (non-hydrogen) atoms. The molecule has 0 bridgehead atoms. The van der Waals surface area contributed by atoms with Gasteiger partial charge in [0, 0.05) is 17.7 Å². The van der Waals surface area contributed by atoms with Crippen LogP contribution in [0.4, 0.5) is 11.4 Å². The zero-order valence-electron chi connectivity index (χ0n) is 18.9. The molecule has 180 valence electrons. The third-order valence-corrected chi connectivity index (χ3v) is 5.14. The van der Waals surface area contributed by atoms with E-state index in [-0.39, 0.29) is 49.5 Å². The fraction of sp³-hybridized carbons (Fsp3) is 0.261. The molecule has 2 aromatic carbocycles. The van der Waals surface area contributed by atoms with Gasteiger partial charge in [0.2, 0.25) is 17.6 Å². The number of carbonyl (C=O) groups is 4. The van der Waals surface area contributed by atoms with Crippen LogP contribution in [0.3, 0.4) is 0 Å². The van der Waals surface area contributed by atoms with Gasteiger partial charge in [-0.2, -0.15) is 4.80 Å². The molecule has 0 fully saturated rings. The number of tetrazole rings is 1. The maximum atomic E-state index is 12.5. The summed E-state index contributed by atoms with van der Waals surface area (Å²) < 4.78 is 4.86. The minimum Gasteiger partial charge on any atom is -0.465 e. The maximum Gasteiger partial charge on any atom is 0.329 e. The Morgan fingerprint density at radius 2 is 1.97 bits per heavy atom. The van der Waals surface area contributed by atoms with Crippen molar-refractivity contribution in [1.29, 1.82) is 0 Å². The first-order chi connectivity index (χ1) is 16.9. The van der Waals surface area contributed by atoms with E-state index in [1.807, 2.05) is 0 Å². The molecule has 3 aromatic rings. The van der Waals surface area contributed by atoms with Gasteiger partial charge >= 0.3 is 5.97 Å². The largest absolute Gasteiger partial charge is 0.465 e. The highest BCUT2D eigenvalue weighted by Gasteiger charge is 2.27. The molecule has 2 heterocycles. The predicted molar refractivity (Wildman–Crippen MR) is 124 cm³/mol. The smallest absolute Gasteiger partial charge is 0.329 e. The van der Waals surface area contributed by atoms with Crippen molar-refractivity contribution < 1.29 is 23.9 Å². The van der Waals surface area contributed by atoms with Gasteiger partial charge in [0.25, 0.3) is 5.91 Å². The Morgan fingerprint density at radius 1 is 1.14 bits per heavy atom. The van der Waals surface area contributed by atoms with Gasteiger partial charge in [-0.3, -0.25) is 14.4 Å².